The lowest BCUT2D eigenvalue weighted by molar-refractivity contribution is -0.178. The average Bonchev–Trinajstić information content (AvgIpc) is 3.33. The summed E-state index contributed by atoms with van der Waals surface area (Å²) in [7, 11) is 1.67. The molecule has 206 valence electrons. The molecule has 0 aromatic carbocycles. The Morgan fingerprint density at radius 2 is 1.97 bits per heavy atom. The number of nitrogens with zero attached hydrogens (tertiary/aromatic N) is 3. The zero-order chi connectivity index (χ0) is 27.7. The first kappa shape index (κ1) is 28.9. The number of ketones is 1. The molecule has 1 saturated heterocycles. The van der Waals surface area contributed by atoms with Gasteiger partial charge in [0, 0.05) is 19.7 Å². The molecule has 6 atom stereocenters. The maximum absolute atomic E-state index is 16.5. The Morgan fingerprint density at radius 3 is 2.57 bits per heavy atom. The number of halogens is 1. The highest BCUT2D eigenvalue weighted by Gasteiger charge is 2.59. The van der Waals surface area contributed by atoms with Crippen molar-refractivity contribution in [3.63, 3.8) is 0 Å². The number of aliphatic imine (C=N–C) groups is 1. The number of Topliss-reactive ketones (excluding diaryl/α,β-unsaturated/α-hetero) is 1. The van der Waals surface area contributed by atoms with Gasteiger partial charge in [-0.05, 0) is 40.0 Å². The van der Waals surface area contributed by atoms with Gasteiger partial charge in [0.25, 0.3) is 0 Å². The monoisotopic (exact) mass is 522 g/mol. The van der Waals surface area contributed by atoms with E-state index < -0.39 is 54.1 Å². The Morgan fingerprint density at radius 1 is 1.30 bits per heavy atom. The minimum Gasteiger partial charge on any atom is -0.438 e. The Labute approximate surface area is 216 Å². The fourth-order valence-corrected chi connectivity index (χ4v) is 4.51. The highest BCUT2D eigenvalue weighted by molar-refractivity contribution is 5.86. The SMILES string of the molecule is CNc1nc(N)nc2c1N=CC2C1O[C@H](CCC(=O)[C@@H](N)C(C)C)[C@@H](OCOC(=O)C(C)(C)C)[C@@]1(C)F. The predicted octanol–water partition coefficient (Wildman–Crippen LogP) is 2.66. The first-order valence-electron chi connectivity index (χ1n) is 12.5. The number of hydrogen-bond donors (Lipinski definition) is 3. The summed E-state index contributed by atoms with van der Waals surface area (Å²) >= 11 is 0. The van der Waals surface area contributed by atoms with Crippen molar-refractivity contribution in [2.24, 2.45) is 22.1 Å². The maximum Gasteiger partial charge on any atom is 0.313 e. The van der Waals surface area contributed by atoms with Crippen molar-refractivity contribution in [2.75, 3.05) is 24.9 Å². The minimum absolute atomic E-state index is 0.0175. The summed E-state index contributed by atoms with van der Waals surface area (Å²) in [6.07, 6.45) is -1.18. The van der Waals surface area contributed by atoms with Crippen LogP contribution in [-0.4, -0.2) is 71.8 Å². The van der Waals surface area contributed by atoms with Gasteiger partial charge < -0.3 is 31.0 Å². The third kappa shape index (κ3) is 6.07. The third-order valence-corrected chi connectivity index (χ3v) is 6.76. The van der Waals surface area contributed by atoms with Crippen molar-refractivity contribution in [3.8, 4) is 0 Å². The second-order valence-electron chi connectivity index (χ2n) is 11.1. The molecule has 1 aromatic rings. The number of ether oxygens (including phenoxy) is 3. The number of fused-ring (bicyclic) bond motifs is 1. The van der Waals surface area contributed by atoms with Gasteiger partial charge in [0.15, 0.2) is 18.3 Å². The Bertz CT molecular complexity index is 1040. The largest absolute Gasteiger partial charge is 0.438 e. The van der Waals surface area contributed by atoms with Gasteiger partial charge >= 0.3 is 5.97 Å². The molecule has 37 heavy (non-hydrogen) atoms. The lowest BCUT2D eigenvalue weighted by Gasteiger charge is -2.29. The van der Waals surface area contributed by atoms with Gasteiger partial charge in [-0.15, -0.1) is 0 Å². The molecule has 0 amide bonds. The molecule has 2 aliphatic heterocycles. The highest BCUT2D eigenvalue weighted by atomic mass is 19.1. The molecule has 0 radical (unpaired) electrons. The molecular formula is C25H39FN6O5. The van der Waals surface area contributed by atoms with Gasteiger partial charge in [-0.25, -0.2) is 9.37 Å². The van der Waals surface area contributed by atoms with E-state index in [1.807, 2.05) is 13.8 Å². The Kier molecular flexibility index (Phi) is 8.55. The smallest absolute Gasteiger partial charge is 0.313 e. The van der Waals surface area contributed by atoms with Crippen molar-refractivity contribution in [1.82, 2.24) is 9.97 Å². The number of aromatic nitrogens is 2. The van der Waals surface area contributed by atoms with Crippen molar-refractivity contribution in [3.05, 3.63) is 5.69 Å². The van der Waals surface area contributed by atoms with Crippen LogP contribution in [0.3, 0.4) is 0 Å². The summed E-state index contributed by atoms with van der Waals surface area (Å²) in [6, 6.07) is -0.630. The molecular weight excluding hydrogens is 483 g/mol. The van der Waals surface area contributed by atoms with Crippen LogP contribution in [0.25, 0.3) is 0 Å². The molecule has 11 nitrogen and oxygen atoms in total. The van der Waals surface area contributed by atoms with E-state index in [0.717, 1.165) is 0 Å². The van der Waals surface area contributed by atoms with Crippen LogP contribution >= 0.6 is 0 Å². The molecule has 2 unspecified atom stereocenters. The van der Waals surface area contributed by atoms with Crippen LogP contribution in [0.1, 0.15) is 66.0 Å². The molecule has 2 aliphatic rings. The summed E-state index contributed by atoms with van der Waals surface area (Å²) in [4.78, 5) is 37.6. The fourth-order valence-electron chi connectivity index (χ4n) is 4.51. The van der Waals surface area contributed by atoms with E-state index in [1.165, 1.54) is 6.92 Å². The van der Waals surface area contributed by atoms with E-state index >= 15 is 4.39 Å². The quantitative estimate of drug-likeness (QED) is 0.307. The topological polar surface area (TPSA) is 164 Å². The van der Waals surface area contributed by atoms with E-state index in [4.69, 9.17) is 25.7 Å². The molecule has 0 bridgehead atoms. The van der Waals surface area contributed by atoms with Crippen molar-refractivity contribution >= 4 is 35.4 Å². The minimum atomic E-state index is -2.06. The number of hydrogen-bond acceptors (Lipinski definition) is 11. The molecule has 3 heterocycles. The van der Waals surface area contributed by atoms with Gasteiger partial charge in [0.1, 0.15) is 23.7 Å². The molecule has 12 heteroatoms. The maximum atomic E-state index is 16.5. The number of nitrogens with one attached hydrogen (secondary N) is 1. The van der Waals surface area contributed by atoms with E-state index in [-0.39, 0.29) is 30.5 Å². The molecule has 1 fully saturated rings. The van der Waals surface area contributed by atoms with Crippen molar-refractivity contribution < 1.29 is 28.2 Å². The number of alkyl halides is 1. The zero-order valence-corrected chi connectivity index (χ0v) is 22.6. The molecule has 0 saturated carbocycles. The molecule has 0 spiro atoms. The number of nitrogens with two attached hydrogens (primary N) is 2. The van der Waals surface area contributed by atoms with E-state index in [1.54, 1.807) is 34.0 Å². The summed E-state index contributed by atoms with van der Waals surface area (Å²) in [5.41, 5.74) is 9.97. The number of carbonyl (C=O) groups excluding carboxylic acids is 2. The summed E-state index contributed by atoms with van der Waals surface area (Å²) in [5.74, 6) is -0.897. The summed E-state index contributed by atoms with van der Waals surface area (Å²) < 4.78 is 33.8. The molecule has 5 N–H and O–H groups in total. The number of nitrogen functional groups attached to an aromatic ring is 1. The van der Waals surface area contributed by atoms with Crippen LogP contribution in [0.5, 0.6) is 0 Å². The second-order valence-corrected chi connectivity index (χ2v) is 11.1. The first-order valence-corrected chi connectivity index (χ1v) is 12.5. The van der Waals surface area contributed by atoms with Crippen LogP contribution in [0.15, 0.2) is 4.99 Å². The molecule has 3 rings (SSSR count). The number of anilines is 2. The number of rotatable bonds is 10. The van der Waals surface area contributed by atoms with Gasteiger partial charge in [0.05, 0.1) is 29.2 Å². The number of esters is 1. The first-order chi connectivity index (χ1) is 17.2. The molecule has 0 aliphatic carbocycles. The van der Waals surface area contributed by atoms with Gasteiger partial charge in [-0.3, -0.25) is 14.6 Å². The predicted molar refractivity (Wildman–Crippen MR) is 137 cm³/mol. The van der Waals surface area contributed by atoms with Crippen LogP contribution in [0.4, 0.5) is 21.8 Å². The Balaban J connectivity index is 1.85. The normalized spacial score (nSPS) is 27.8. The van der Waals surface area contributed by atoms with E-state index in [0.29, 0.717) is 17.2 Å². The van der Waals surface area contributed by atoms with Gasteiger partial charge in [-0.2, -0.15) is 4.98 Å². The van der Waals surface area contributed by atoms with Crippen LogP contribution in [0.2, 0.25) is 0 Å². The highest BCUT2D eigenvalue weighted by Crippen LogP contribution is 2.48. The second kappa shape index (κ2) is 11.0. The van der Waals surface area contributed by atoms with Crippen LogP contribution in [0, 0.1) is 11.3 Å². The van der Waals surface area contributed by atoms with Crippen molar-refractivity contribution in [1.29, 1.82) is 0 Å². The number of carbonyl (C=O) groups is 2. The standard InChI is InChI=1S/C25H39FN6O5/c1-12(2)16(27)14(33)8-9-15-20(35-11-36-22(34)24(3,4)5)25(6,26)19(37-15)13-10-30-18-17(13)31-23(28)32-21(18)29-7/h10,12-13,15-16,19-20H,8-9,11,27H2,1-7H3,(H3,28,29,31,32)/t13?,15-,16+,19?,20-,25+/m1/s1. The Hall–Kier alpha value is -2.70. The summed E-state index contributed by atoms with van der Waals surface area (Å²) in [6.45, 7) is 9.76. The van der Waals surface area contributed by atoms with Gasteiger partial charge in [0.2, 0.25) is 5.95 Å². The van der Waals surface area contributed by atoms with E-state index in [2.05, 4.69) is 20.3 Å². The lowest BCUT2D eigenvalue weighted by atomic mass is 9.85. The molecule has 1 aromatic heterocycles. The lowest BCUT2D eigenvalue weighted by Crippen LogP contribution is -2.46. The summed E-state index contributed by atoms with van der Waals surface area (Å²) in [5, 5.41) is 2.92. The van der Waals surface area contributed by atoms with Crippen LogP contribution in [-0.2, 0) is 23.8 Å². The average molecular weight is 523 g/mol. The fraction of sp³-hybridized carbons (Fsp3) is 0.720. The zero-order valence-electron chi connectivity index (χ0n) is 22.6. The van der Waals surface area contributed by atoms with E-state index in [9.17, 15) is 9.59 Å². The van der Waals surface area contributed by atoms with Crippen LogP contribution < -0.4 is 16.8 Å². The van der Waals surface area contributed by atoms with Crippen molar-refractivity contribution in [2.45, 2.75) is 90.3 Å². The third-order valence-electron chi connectivity index (χ3n) is 6.76. The van der Waals surface area contributed by atoms with Gasteiger partial charge in [-0.1, -0.05) is 13.8 Å².